The van der Waals surface area contributed by atoms with E-state index >= 15 is 0 Å². The van der Waals surface area contributed by atoms with Crippen LogP contribution in [-0.2, 0) is 20.7 Å². The zero-order valence-electron chi connectivity index (χ0n) is 10.5. The molecule has 19 heavy (non-hydrogen) atoms. The Morgan fingerprint density at radius 1 is 1.42 bits per heavy atom. The molecule has 0 bridgehead atoms. The highest BCUT2D eigenvalue weighted by Gasteiger charge is 2.21. The molecular formula is C13H16N2O4. The van der Waals surface area contributed by atoms with Crippen LogP contribution in [0.1, 0.15) is 25.0 Å². The largest absolute Gasteiger partial charge is 0.481 e. The second kappa shape index (κ2) is 6.29. The minimum absolute atomic E-state index is 0.125. The number of nitrogens with one attached hydrogen (secondary N) is 1. The van der Waals surface area contributed by atoms with E-state index in [1.54, 1.807) is 12.1 Å². The van der Waals surface area contributed by atoms with Crippen LogP contribution in [0.5, 0.6) is 0 Å². The van der Waals surface area contributed by atoms with E-state index in [0.29, 0.717) is 18.0 Å². The first-order valence-electron chi connectivity index (χ1n) is 6.24. The molecule has 0 radical (unpaired) electrons. The lowest BCUT2D eigenvalue weighted by molar-refractivity contribution is -0.136. The maximum atomic E-state index is 11.9. The van der Waals surface area contributed by atoms with Crippen LogP contribution in [0, 0.1) is 0 Å². The van der Waals surface area contributed by atoms with Crippen molar-refractivity contribution in [2.24, 2.45) is 0 Å². The molecule has 1 atom stereocenters. The van der Waals surface area contributed by atoms with Gasteiger partial charge in [0.15, 0.2) is 0 Å². The molecule has 1 aromatic rings. The van der Waals surface area contributed by atoms with E-state index in [-0.39, 0.29) is 12.3 Å². The number of aromatic nitrogens is 1. The number of ether oxygens (including phenoxy) is 1. The predicted octanol–water partition coefficient (Wildman–Crippen LogP) is 1.22. The molecule has 102 valence electrons. The van der Waals surface area contributed by atoms with E-state index < -0.39 is 12.1 Å². The molecule has 2 heterocycles. The first kappa shape index (κ1) is 13.5. The lowest BCUT2D eigenvalue weighted by atomic mass is 10.1. The Bertz CT molecular complexity index is 452. The topological polar surface area (TPSA) is 88.5 Å². The van der Waals surface area contributed by atoms with Crippen molar-refractivity contribution in [3.05, 3.63) is 24.0 Å². The molecule has 0 aliphatic carbocycles. The number of hydrogen-bond donors (Lipinski definition) is 2. The summed E-state index contributed by atoms with van der Waals surface area (Å²) < 4.78 is 5.38. The van der Waals surface area contributed by atoms with Crippen LogP contribution in [0.4, 0.5) is 5.69 Å². The van der Waals surface area contributed by atoms with E-state index in [1.807, 2.05) is 0 Å². The third-order valence-corrected chi connectivity index (χ3v) is 2.90. The Labute approximate surface area is 110 Å². The summed E-state index contributed by atoms with van der Waals surface area (Å²) in [5.41, 5.74) is 1.01. The summed E-state index contributed by atoms with van der Waals surface area (Å²) in [5, 5.41) is 11.3. The van der Waals surface area contributed by atoms with Gasteiger partial charge < -0.3 is 15.2 Å². The van der Waals surface area contributed by atoms with Gasteiger partial charge in [-0.05, 0) is 31.4 Å². The molecule has 1 unspecified atom stereocenters. The van der Waals surface area contributed by atoms with Crippen molar-refractivity contribution in [1.82, 2.24) is 4.98 Å². The minimum Gasteiger partial charge on any atom is -0.481 e. The van der Waals surface area contributed by atoms with Crippen LogP contribution in [-0.4, -0.2) is 34.7 Å². The standard InChI is InChI=1S/C13H16N2O4/c16-12(17)7-9-4-5-10(8-14-9)15-13(18)11-3-1-2-6-19-11/h4-5,8,11H,1-3,6-7H2,(H,15,18)(H,16,17). The third kappa shape index (κ3) is 4.03. The normalized spacial score (nSPS) is 18.8. The number of carbonyl (C=O) groups excluding carboxylic acids is 1. The van der Waals surface area contributed by atoms with Gasteiger partial charge in [0.2, 0.25) is 0 Å². The highest BCUT2D eigenvalue weighted by atomic mass is 16.5. The number of hydrogen-bond acceptors (Lipinski definition) is 4. The summed E-state index contributed by atoms with van der Waals surface area (Å²) >= 11 is 0. The monoisotopic (exact) mass is 264 g/mol. The lowest BCUT2D eigenvalue weighted by Crippen LogP contribution is -2.33. The Balaban J connectivity index is 1.91. The third-order valence-electron chi connectivity index (χ3n) is 2.90. The van der Waals surface area contributed by atoms with Gasteiger partial charge in [0.05, 0.1) is 24.0 Å². The van der Waals surface area contributed by atoms with Gasteiger partial charge in [0.1, 0.15) is 6.10 Å². The van der Waals surface area contributed by atoms with Crippen molar-refractivity contribution < 1.29 is 19.4 Å². The summed E-state index contributed by atoms with van der Waals surface area (Å²) in [4.78, 5) is 26.4. The molecule has 0 spiro atoms. The lowest BCUT2D eigenvalue weighted by Gasteiger charge is -2.21. The number of nitrogens with zero attached hydrogens (tertiary/aromatic N) is 1. The van der Waals surface area contributed by atoms with Gasteiger partial charge >= 0.3 is 5.97 Å². The van der Waals surface area contributed by atoms with Crippen molar-refractivity contribution in [3.63, 3.8) is 0 Å². The fourth-order valence-corrected chi connectivity index (χ4v) is 1.93. The molecule has 1 aromatic heterocycles. The van der Waals surface area contributed by atoms with Crippen molar-refractivity contribution in [2.75, 3.05) is 11.9 Å². The summed E-state index contributed by atoms with van der Waals surface area (Å²) in [6, 6.07) is 3.23. The highest BCUT2D eigenvalue weighted by molar-refractivity contribution is 5.94. The number of carboxylic acid groups (broad SMARTS) is 1. The van der Waals surface area contributed by atoms with E-state index in [9.17, 15) is 9.59 Å². The molecule has 1 saturated heterocycles. The molecule has 2 rings (SSSR count). The highest BCUT2D eigenvalue weighted by Crippen LogP contribution is 2.15. The molecule has 6 nitrogen and oxygen atoms in total. The average Bonchev–Trinajstić information content (AvgIpc) is 2.41. The molecular weight excluding hydrogens is 248 g/mol. The van der Waals surface area contributed by atoms with Gasteiger partial charge in [-0.1, -0.05) is 0 Å². The number of amides is 1. The van der Waals surface area contributed by atoms with Gasteiger partial charge in [0, 0.05) is 6.61 Å². The van der Waals surface area contributed by atoms with Crippen LogP contribution in [0.25, 0.3) is 0 Å². The van der Waals surface area contributed by atoms with Crippen LogP contribution in [0.15, 0.2) is 18.3 Å². The SMILES string of the molecule is O=C(O)Cc1ccc(NC(=O)C2CCCCO2)cn1. The predicted molar refractivity (Wildman–Crippen MR) is 67.8 cm³/mol. The Kier molecular flexibility index (Phi) is 4.46. The first-order chi connectivity index (χ1) is 9.15. The number of carbonyl (C=O) groups is 2. The van der Waals surface area contributed by atoms with Crippen LogP contribution < -0.4 is 5.32 Å². The minimum atomic E-state index is -0.931. The Morgan fingerprint density at radius 2 is 2.26 bits per heavy atom. The average molecular weight is 264 g/mol. The molecule has 6 heteroatoms. The van der Waals surface area contributed by atoms with Gasteiger partial charge in [-0.2, -0.15) is 0 Å². The van der Waals surface area contributed by atoms with Crippen LogP contribution in [0.2, 0.25) is 0 Å². The summed E-state index contributed by atoms with van der Waals surface area (Å²) in [7, 11) is 0. The first-order valence-corrected chi connectivity index (χ1v) is 6.24. The zero-order valence-corrected chi connectivity index (χ0v) is 10.5. The summed E-state index contributed by atoms with van der Waals surface area (Å²) in [5.74, 6) is -1.10. The second-order valence-electron chi connectivity index (χ2n) is 4.45. The number of aliphatic carboxylic acids is 1. The van der Waals surface area contributed by atoms with Gasteiger partial charge in [-0.3, -0.25) is 14.6 Å². The van der Waals surface area contributed by atoms with E-state index in [4.69, 9.17) is 9.84 Å². The molecule has 2 N–H and O–H groups in total. The number of rotatable bonds is 4. The fraction of sp³-hybridized carbons (Fsp3) is 0.462. The molecule has 1 fully saturated rings. The van der Waals surface area contributed by atoms with Crippen molar-refractivity contribution >= 4 is 17.6 Å². The molecule has 1 amide bonds. The van der Waals surface area contributed by atoms with E-state index in [2.05, 4.69) is 10.3 Å². The van der Waals surface area contributed by atoms with Crippen LogP contribution >= 0.6 is 0 Å². The Morgan fingerprint density at radius 3 is 2.84 bits per heavy atom. The van der Waals surface area contributed by atoms with E-state index in [0.717, 1.165) is 19.3 Å². The number of carboxylic acids is 1. The van der Waals surface area contributed by atoms with Gasteiger partial charge in [-0.25, -0.2) is 0 Å². The van der Waals surface area contributed by atoms with Crippen molar-refractivity contribution in [3.8, 4) is 0 Å². The zero-order chi connectivity index (χ0) is 13.7. The van der Waals surface area contributed by atoms with Gasteiger partial charge in [-0.15, -0.1) is 0 Å². The molecule has 1 aliphatic rings. The van der Waals surface area contributed by atoms with E-state index in [1.165, 1.54) is 6.20 Å². The molecule has 0 aromatic carbocycles. The van der Waals surface area contributed by atoms with Gasteiger partial charge in [0.25, 0.3) is 5.91 Å². The fourth-order valence-electron chi connectivity index (χ4n) is 1.93. The maximum absolute atomic E-state index is 11.9. The molecule has 0 saturated carbocycles. The van der Waals surface area contributed by atoms with Crippen LogP contribution in [0.3, 0.4) is 0 Å². The molecule has 1 aliphatic heterocycles. The number of pyridine rings is 1. The quantitative estimate of drug-likeness (QED) is 0.853. The Hall–Kier alpha value is -1.95. The van der Waals surface area contributed by atoms with Crippen molar-refractivity contribution in [2.45, 2.75) is 31.8 Å². The summed E-state index contributed by atoms with van der Waals surface area (Å²) in [6.45, 7) is 0.619. The smallest absolute Gasteiger partial charge is 0.309 e. The number of anilines is 1. The van der Waals surface area contributed by atoms with Crippen molar-refractivity contribution in [1.29, 1.82) is 0 Å². The maximum Gasteiger partial charge on any atom is 0.309 e. The second-order valence-corrected chi connectivity index (χ2v) is 4.45. The summed E-state index contributed by atoms with van der Waals surface area (Å²) in [6.07, 6.45) is 3.66.